The minimum atomic E-state index is -1.82. The highest BCUT2D eigenvalue weighted by atomic mass is 16.5. The second kappa shape index (κ2) is 10.6. The molecule has 1 aromatic heterocycles. The van der Waals surface area contributed by atoms with E-state index in [1.165, 1.54) is 0 Å². The Hall–Kier alpha value is -3.16. The molecule has 0 unspecified atom stereocenters. The van der Waals surface area contributed by atoms with Gasteiger partial charge in [-0.25, -0.2) is 14.6 Å². The van der Waals surface area contributed by atoms with Gasteiger partial charge in [-0.2, -0.15) is 0 Å². The number of aliphatic carboxylic acids is 2. The Morgan fingerprint density at radius 1 is 1.16 bits per heavy atom. The Morgan fingerprint density at radius 2 is 1.88 bits per heavy atom. The summed E-state index contributed by atoms with van der Waals surface area (Å²) in [5.41, 5.74) is 1.84. The monoisotopic (exact) mass is 348 g/mol. The molecule has 1 aromatic carbocycles. The molecule has 0 atom stereocenters. The van der Waals surface area contributed by atoms with Gasteiger partial charge in [0.25, 0.3) is 0 Å². The number of ketones is 1. The van der Waals surface area contributed by atoms with Crippen LogP contribution in [0.15, 0.2) is 36.8 Å². The maximum atomic E-state index is 11.2. The number of benzene rings is 1. The van der Waals surface area contributed by atoms with E-state index in [0.717, 1.165) is 30.7 Å². The maximum absolute atomic E-state index is 11.2. The van der Waals surface area contributed by atoms with Crippen LogP contribution in [0.4, 0.5) is 0 Å². The van der Waals surface area contributed by atoms with Crippen molar-refractivity contribution < 1.29 is 29.3 Å². The van der Waals surface area contributed by atoms with Gasteiger partial charge in [0, 0.05) is 17.5 Å². The third-order valence-electron chi connectivity index (χ3n) is 3.09. The van der Waals surface area contributed by atoms with E-state index in [2.05, 4.69) is 9.97 Å². The summed E-state index contributed by atoms with van der Waals surface area (Å²) >= 11 is 0. The van der Waals surface area contributed by atoms with Crippen LogP contribution in [0.2, 0.25) is 0 Å². The number of aromatic nitrogens is 2. The lowest BCUT2D eigenvalue weighted by Crippen LogP contribution is -2.09. The fraction of sp³-hybridized carbons (Fsp3) is 0.294. The van der Waals surface area contributed by atoms with Gasteiger partial charge in [0.05, 0.1) is 12.9 Å². The van der Waals surface area contributed by atoms with Crippen LogP contribution < -0.4 is 4.74 Å². The number of imidazole rings is 1. The predicted molar refractivity (Wildman–Crippen MR) is 88.7 cm³/mol. The first-order valence-electron chi connectivity index (χ1n) is 7.57. The van der Waals surface area contributed by atoms with Crippen LogP contribution in [0.25, 0.3) is 0 Å². The molecular formula is C17H20N2O6. The number of aromatic amines is 1. The number of H-pyrrole nitrogens is 1. The molecule has 8 heteroatoms. The van der Waals surface area contributed by atoms with Crippen LogP contribution in [0.1, 0.15) is 35.8 Å². The summed E-state index contributed by atoms with van der Waals surface area (Å²) in [6, 6.07) is 7.31. The summed E-state index contributed by atoms with van der Waals surface area (Å²) < 4.78 is 5.64. The number of hydrogen-bond acceptors (Lipinski definition) is 5. The van der Waals surface area contributed by atoms with Gasteiger partial charge in [-0.05, 0) is 38.3 Å². The zero-order chi connectivity index (χ0) is 18.7. The van der Waals surface area contributed by atoms with E-state index in [-0.39, 0.29) is 5.78 Å². The highest BCUT2D eigenvalue weighted by molar-refractivity contribution is 6.27. The van der Waals surface area contributed by atoms with E-state index in [4.69, 9.17) is 24.5 Å². The summed E-state index contributed by atoms with van der Waals surface area (Å²) in [4.78, 5) is 36.5. The highest BCUT2D eigenvalue weighted by Crippen LogP contribution is 2.14. The van der Waals surface area contributed by atoms with Gasteiger partial charge >= 0.3 is 11.9 Å². The number of aryl methyl sites for hydroxylation is 1. The first-order valence-corrected chi connectivity index (χ1v) is 7.57. The molecule has 0 fully saturated rings. The Morgan fingerprint density at radius 3 is 2.44 bits per heavy atom. The Bertz CT molecular complexity index is 685. The van der Waals surface area contributed by atoms with Gasteiger partial charge in [0.2, 0.25) is 0 Å². The number of Topliss-reactive ketones (excluding diaryl/α,β-unsaturated/α-hetero) is 1. The maximum Gasteiger partial charge on any atom is 0.414 e. The highest BCUT2D eigenvalue weighted by Gasteiger charge is 2.04. The van der Waals surface area contributed by atoms with Gasteiger partial charge < -0.3 is 19.9 Å². The zero-order valence-electron chi connectivity index (χ0n) is 13.8. The molecule has 8 nitrogen and oxygen atoms in total. The standard InChI is InChI=1S/C15H18N2O2.C2H2O4/c1-12(18)13-5-4-7-15(9-13)19-8-3-2-6-14-10-16-11-17-14;3-1(4)2(5)6/h4-5,7,9-11H,2-3,6,8H2,1H3,(H,16,17);(H,3,4)(H,5,6). The van der Waals surface area contributed by atoms with Gasteiger partial charge in [-0.3, -0.25) is 4.79 Å². The van der Waals surface area contributed by atoms with Crippen molar-refractivity contribution in [3.05, 3.63) is 48.0 Å². The van der Waals surface area contributed by atoms with E-state index < -0.39 is 11.9 Å². The molecule has 1 heterocycles. The van der Waals surface area contributed by atoms with E-state index in [0.29, 0.717) is 12.2 Å². The van der Waals surface area contributed by atoms with Crippen molar-refractivity contribution in [1.29, 1.82) is 0 Å². The van der Waals surface area contributed by atoms with E-state index >= 15 is 0 Å². The lowest BCUT2D eigenvalue weighted by atomic mass is 10.1. The van der Waals surface area contributed by atoms with Gasteiger partial charge in [-0.15, -0.1) is 0 Å². The minimum absolute atomic E-state index is 0.0599. The molecule has 0 spiro atoms. The van der Waals surface area contributed by atoms with E-state index in [1.807, 2.05) is 18.3 Å². The number of carbonyl (C=O) groups excluding carboxylic acids is 1. The molecule has 0 aliphatic rings. The molecule has 0 radical (unpaired) electrons. The molecule has 0 aliphatic carbocycles. The smallest absolute Gasteiger partial charge is 0.414 e. The average Bonchev–Trinajstić information content (AvgIpc) is 3.08. The van der Waals surface area contributed by atoms with Gasteiger partial charge in [0.15, 0.2) is 5.78 Å². The number of hydrogen-bond donors (Lipinski definition) is 3. The van der Waals surface area contributed by atoms with Crippen LogP contribution in [0, 0.1) is 0 Å². The molecule has 134 valence electrons. The van der Waals surface area contributed by atoms with Crippen molar-refractivity contribution in [2.24, 2.45) is 0 Å². The second-order valence-corrected chi connectivity index (χ2v) is 5.08. The average molecular weight is 348 g/mol. The van der Waals surface area contributed by atoms with Crippen molar-refractivity contribution >= 4 is 17.7 Å². The number of ether oxygens (including phenoxy) is 1. The third kappa shape index (κ3) is 8.31. The Labute approximate surface area is 144 Å². The van der Waals surface area contributed by atoms with E-state index in [9.17, 15) is 4.79 Å². The molecule has 3 N–H and O–H groups in total. The van der Waals surface area contributed by atoms with Crippen LogP contribution >= 0.6 is 0 Å². The van der Waals surface area contributed by atoms with Crippen LogP contribution in [0.5, 0.6) is 5.75 Å². The van der Waals surface area contributed by atoms with Crippen molar-refractivity contribution in [3.63, 3.8) is 0 Å². The zero-order valence-corrected chi connectivity index (χ0v) is 13.8. The lowest BCUT2D eigenvalue weighted by Gasteiger charge is -2.06. The molecule has 2 aromatic rings. The molecule has 0 saturated carbocycles. The minimum Gasteiger partial charge on any atom is -0.494 e. The Kier molecular flexibility index (Phi) is 8.42. The number of rotatable bonds is 7. The number of carbonyl (C=O) groups is 3. The van der Waals surface area contributed by atoms with Gasteiger partial charge in [-0.1, -0.05) is 12.1 Å². The van der Waals surface area contributed by atoms with Crippen LogP contribution in [-0.2, 0) is 16.0 Å². The largest absolute Gasteiger partial charge is 0.494 e. The summed E-state index contributed by atoms with van der Waals surface area (Å²) in [5, 5.41) is 14.8. The summed E-state index contributed by atoms with van der Waals surface area (Å²) in [6.07, 6.45) is 6.55. The fourth-order valence-electron chi connectivity index (χ4n) is 1.83. The number of carboxylic acid groups (broad SMARTS) is 2. The number of unbranched alkanes of at least 4 members (excludes halogenated alkanes) is 1. The van der Waals surface area contributed by atoms with Gasteiger partial charge in [0.1, 0.15) is 5.75 Å². The fourth-order valence-corrected chi connectivity index (χ4v) is 1.83. The molecular weight excluding hydrogens is 328 g/mol. The first-order chi connectivity index (χ1) is 11.9. The Balaban J connectivity index is 0.000000450. The summed E-state index contributed by atoms with van der Waals surface area (Å²) in [7, 11) is 0. The van der Waals surface area contributed by atoms with Crippen molar-refractivity contribution in [3.8, 4) is 5.75 Å². The first kappa shape index (κ1) is 19.9. The molecule has 0 bridgehead atoms. The molecule has 0 saturated heterocycles. The summed E-state index contributed by atoms with van der Waals surface area (Å²) in [5.74, 6) is -2.83. The van der Waals surface area contributed by atoms with Crippen molar-refractivity contribution in [2.45, 2.75) is 26.2 Å². The number of nitrogens with zero attached hydrogens (tertiary/aromatic N) is 1. The molecule has 0 aliphatic heterocycles. The SMILES string of the molecule is CC(=O)c1cccc(OCCCCc2cnc[nH]2)c1.O=C(O)C(=O)O. The quantitative estimate of drug-likeness (QED) is 0.397. The lowest BCUT2D eigenvalue weighted by molar-refractivity contribution is -0.159. The van der Waals surface area contributed by atoms with Crippen molar-refractivity contribution in [1.82, 2.24) is 9.97 Å². The normalized spacial score (nSPS) is 9.64. The van der Waals surface area contributed by atoms with Crippen molar-refractivity contribution in [2.75, 3.05) is 6.61 Å². The topological polar surface area (TPSA) is 130 Å². The number of carboxylic acids is 2. The molecule has 25 heavy (non-hydrogen) atoms. The predicted octanol–water partition coefficient (Wildman–Crippen LogP) is 2.17. The molecule has 2 rings (SSSR count). The third-order valence-corrected chi connectivity index (χ3v) is 3.09. The number of nitrogens with one attached hydrogen (secondary N) is 1. The van der Waals surface area contributed by atoms with Crippen LogP contribution in [-0.4, -0.2) is 44.5 Å². The second-order valence-electron chi connectivity index (χ2n) is 5.08. The summed E-state index contributed by atoms with van der Waals surface area (Å²) in [6.45, 7) is 2.22. The van der Waals surface area contributed by atoms with E-state index in [1.54, 1.807) is 25.4 Å². The molecule has 0 amide bonds. The van der Waals surface area contributed by atoms with Crippen LogP contribution in [0.3, 0.4) is 0 Å².